The van der Waals surface area contributed by atoms with E-state index < -0.39 is 0 Å². The lowest BCUT2D eigenvalue weighted by atomic mass is 9.85. The van der Waals surface area contributed by atoms with E-state index >= 15 is 0 Å². The van der Waals surface area contributed by atoms with E-state index in [1.807, 2.05) is 22.9 Å². The van der Waals surface area contributed by atoms with Crippen molar-refractivity contribution in [3.63, 3.8) is 0 Å². The summed E-state index contributed by atoms with van der Waals surface area (Å²) < 4.78 is 1.99. The Morgan fingerprint density at radius 3 is 2.87 bits per heavy atom. The van der Waals surface area contributed by atoms with Crippen LogP contribution in [0.1, 0.15) is 51.0 Å². The van der Waals surface area contributed by atoms with Gasteiger partial charge in [-0.2, -0.15) is 0 Å². The standard InChI is InChI=1S/C19H26ClN3/c1-15(12-16-6-3-2-4-7-16)22-13-17-8-5-9-18(20)19(17)23-11-10-21-14-23/h5,8-11,14-16,22H,2-4,6-7,12-13H2,1H3/t15-/m0/s1. The molecule has 3 rings (SSSR count). The molecule has 0 radical (unpaired) electrons. The molecule has 1 aromatic carbocycles. The lowest BCUT2D eigenvalue weighted by Gasteiger charge is -2.25. The molecule has 1 fully saturated rings. The number of hydrogen-bond donors (Lipinski definition) is 1. The number of para-hydroxylation sites is 1. The number of imidazole rings is 1. The average Bonchev–Trinajstić information content (AvgIpc) is 3.08. The zero-order chi connectivity index (χ0) is 16.1. The Balaban J connectivity index is 1.63. The van der Waals surface area contributed by atoms with Crippen LogP contribution in [0.2, 0.25) is 5.02 Å². The fraction of sp³-hybridized carbons (Fsp3) is 0.526. The van der Waals surface area contributed by atoms with Gasteiger partial charge >= 0.3 is 0 Å². The van der Waals surface area contributed by atoms with E-state index in [0.29, 0.717) is 6.04 Å². The summed E-state index contributed by atoms with van der Waals surface area (Å²) in [6.45, 7) is 3.14. The third-order valence-electron chi connectivity index (χ3n) is 4.89. The molecule has 1 atom stereocenters. The van der Waals surface area contributed by atoms with Crippen molar-refractivity contribution < 1.29 is 0 Å². The number of nitrogens with one attached hydrogen (secondary N) is 1. The maximum Gasteiger partial charge on any atom is 0.0992 e. The van der Waals surface area contributed by atoms with E-state index in [1.165, 1.54) is 44.1 Å². The van der Waals surface area contributed by atoms with Crippen molar-refractivity contribution in [1.82, 2.24) is 14.9 Å². The molecule has 1 aliphatic carbocycles. The molecule has 0 bridgehead atoms. The van der Waals surface area contributed by atoms with Crippen LogP contribution in [0.5, 0.6) is 0 Å². The predicted molar refractivity (Wildman–Crippen MR) is 96.1 cm³/mol. The summed E-state index contributed by atoms with van der Waals surface area (Å²) in [5, 5.41) is 4.45. The van der Waals surface area contributed by atoms with Gasteiger partial charge in [-0.1, -0.05) is 55.8 Å². The first-order valence-corrected chi connectivity index (χ1v) is 9.11. The summed E-state index contributed by atoms with van der Waals surface area (Å²) >= 11 is 6.42. The molecule has 0 spiro atoms. The molecular weight excluding hydrogens is 306 g/mol. The minimum Gasteiger partial charge on any atom is -0.310 e. The fourth-order valence-electron chi connectivity index (χ4n) is 3.67. The molecule has 124 valence electrons. The van der Waals surface area contributed by atoms with Gasteiger partial charge in [-0.3, -0.25) is 0 Å². The van der Waals surface area contributed by atoms with Crippen molar-refractivity contribution in [2.45, 2.75) is 58.0 Å². The van der Waals surface area contributed by atoms with Crippen LogP contribution in [0, 0.1) is 5.92 Å². The SMILES string of the molecule is C[C@@H](CC1CCCCC1)NCc1cccc(Cl)c1-n1ccnc1. The van der Waals surface area contributed by atoms with E-state index in [1.54, 1.807) is 12.5 Å². The van der Waals surface area contributed by atoms with Crippen LogP contribution in [0.15, 0.2) is 36.9 Å². The molecule has 23 heavy (non-hydrogen) atoms. The van der Waals surface area contributed by atoms with Crippen molar-refractivity contribution in [2.24, 2.45) is 5.92 Å². The molecule has 1 N–H and O–H groups in total. The molecule has 3 nitrogen and oxygen atoms in total. The van der Waals surface area contributed by atoms with Crippen molar-refractivity contribution in [1.29, 1.82) is 0 Å². The van der Waals surface area contributed by atoms with E-state index in [2.05, 4.69) is 23.3 Å². The van der Waals surface area contributed by atoms with Gasteiger partial charge in [0.2, 0.25) is 0 Å². The number of halogens is 1. The Kier molecular flexibility index (Phi) is 5.74. The summed E-state index contributed by atoms with van der Waals surface area (Å²) in [6, 6.07) is 6.63. The Bertz CT molecular complexity index is 603. The third-order valence-corrected chi connectivity index (χ3v) is 5.19. The first kappa shape index (κ1) is 16.5. The van der Waals surface area contributed by atoms with Gasteiger partial charge < -0.3 is 9.88 Å². The molecule has 0 unspecified atom stereocenters. The highest BCUT2D eigenvalue weighted by atomic mass is 35.5. The Hall–Kier alpha value is -1.32. The van der Waals surface area contributed by atoms with Crippen LogP contribution in [-0.4, -0.2) is 15.6 Å². The average molecular weight is 332 g/mol. The highest BCUT2D eigenvalue weighted by molar-refractivity contribution is 6.32. The molecule has 0 aliphatic heterocycles. The van der Waals surface area contributed by atoms with Gasteiger partial charge in [0, 0.05) is 25.0 Å². The van der Waals surface area contributed by atoms with E-state index in [9.17, 15) is 0 Å². The van der Waals surface area contributed by atoms with Gasteiger partial charge in [-0.25, -0.2) is 4.98 Å². The first-order valence-electron chi connectivity index (χ1n) is 8.73. The van der Waals surface area contributed by atoms with Crippen molar-refractivity contribution >= 4 is 11.6 Å². The smallest absolute Gasteiger partial charge is 0.0992 e. The lowest BCUT2D eigenvalue weighted by molar-refractivity contribution is 0.304. The molecule has 1 aliphatic rings. The zero-order valence-electron chi connectivity index (χ0n) is 13.8. The van der Waals surface area contributed by atoms with Gasteiger partial charge in [0.25, 0.3) is 0 Å². The Morgan fingerprint density at radius 1 is 1.30 bits per heavy atom. The normalized spacial score (nSPS) is 17.3. The molecule has 0 amide bonds. The summed E-state index contributed by atoms with van der Waals surface area (Å²) in [6.07, 6.45) is 13.9. The quantitative estimate of drug-likeness (QED) is 0.809. The second-order valence-corrected chi connectivity index (χ2v) is 7.15. The molecular formula is C19H26ClN3. The number of benzene rings is 1. The summed E-state index contributed by atoms with van der Waals surface area (Å²) in [4.78, 5) is 4.14. The highest BCUT2D eigenvalue weighted by Crippen LogP contribution is 2.28. The monoisotopic (exact) mass is 331 g/mol. The van der Waals surface area contributed by atoms with E-state index in [-0.39, 0.29) is 0 Å². The highest BCUT2D eigenvalue weighted by Gasteiger charge is 2.17. The number of hydrogen-bond acceptors (Lipinski definition) is 2. The van der Waals surface area contributed by atoms with Crippen LogP contribution in [-0.2, 0) is 6.54 Å². The second-order valence-electron chi connectivity index (χ2n) is 6.74. The predicted octanol–water partition coefficient (Wildman–Crippen LogP) is 4.97. The second kappa shape index (κ2) is 7.98. The van der Waals surface area contributed by atoms with Crippen molar-refractivity contribution in [3.8, 4) is 5.69 Å². The van der Waals surface area contributed by atoms with Crippen LogP contribution in [0.25, 0.3) is 5.69 Å². The molecule has 1 heterocycles. The summed E-state index contributed by atoms with van der Waals surface area (Å²) in [5.74, 6) is 0.902. The van der Waals surface area contributed by atoms with Gasteiger partial charge in [0.05, 0.1) is 17.0 Å². The van der Waals surface area contributed by atoms with Crippen LogP contribution in [0.4, 0.5) is 0 Å². The van der Waals surface area contributed by atoms with Crippen molar-refractivity contribution in [3.05, 3.63) is 47.5 Å². The molecule has 1 aromatic heterocycles. The molecule has 4 heteroatoms. The first-order chi connectivity index (χ1) is 11.2. The minimum absolute atomic E-state index is 0.535. The Labute approximate surface area is 144 Å². The van der Waals surface area contributed by atoms with Crippen LogP contribution >= 0.6 is 11.6 Å². The van der Waals surface area contributed by atoms with Gasteiger partial charge in [0.15, 0.2) is 0 Å². The van der Waals surface area contributed by atoms with Gasteiger partial charge in [-0.05, 0) is 30.9 Å². The maximum absolute atomic E-state index is 6.42. The lowest BCUT2D eigenvalue weighted by Crippen LogP contribution is -2.29. The largest absolute Gasteiger partial charge is 0.310 e. The number of rotatable bonds is 6. The Morgan fingerprint density at radius 2 is 2.13 bits per heavy atom. The number of aromatic nitrogens is 2. The van der Waals surface area contributed by atoms with Crippen LogP contribution < -0.4 is 5.32 Å². The third kappa shape index (κ3) is 4.36. The van der Waals surface area contributed by atoms with Crippen molar-refractivity contribution in [2.75, 3.05) is 0 Å². The maximum atomic E-state index is 6.42. The summed E-state index contributed by atoms with van der Waals surface area (Å²) in [5.41, 5.74) is 2.25. The zero-order valence-corrected chi connectivity index (χ0v) is 14.6. The summed E-state index contributed by atoms with van der Waals surface area (Å²) in [7, 11) is 0. The minimum atomic E-state index is 0.535. The number of nitrogens with zero attached hydrogens (tertiary/aromatic N) is 2. The molecule has 2 aromatic rings. The topological polar surface area (TPSA) is 29.9 Å². The fourth-order valence-corrected chi connectivity index (χ4v) is 3.97. The van der Waals surface area contributed by atoms with E-state index in [4.69, 9.17) is 11.6 Å². The van der Waals surface area contributed by atoms with Gasteiger partial charge in [-0.15, -0.1) is 0 Å². The molecule has 1 saturated carbocycles. The van der Waals surface area contributed by atoms with E-state index in [0.717, 1.165) is 23.2 Å². The molecule has 0 saturated heterocycles. The van der Waals surface area contributed by atoms with Crippen LogP contribution in [0.3, 0.4) is 0 Å². The van der Waals surface area contributed by atoms with Gasteiger partial charge in [0.1, 0.15) is 0 Å².